The maximum atomic E-state index is 8.28. The van der Waals surface area contributed by atoms with Crippen LogP contribution < -0.4 is 0 Å². The molecule has 2 radical (unpaired) electrons. The molecule has 0 aliphatic carbocycles. The molecule has 0 aromatic rings. The molecule has 0 bridgehead atoms. The molecular formula is H2AlCoCuLiNiO. The summed E-state index contributed by atoms with van der Waals surface area (Å²) in [5, 5.41) is 0. The van der Waals surface area contributed by atoms with Crippen LogP contribution in [-0.2, 0) is 54.1 Å². The van der Waals surface area contributed by atoms with Crippen molar-refractivity contribution in [2.24, 2.45) is 0 Å². The molecule has 6 heavy (non-hydrogen) atoms. The van der Waals surface area contributed by atoms with E-state index in [1.165, 1.54) is 0 Å². The van der Waals surface area contributed by atoms with Gasteiger partial charge in [0.2, 0.25) is 0 Å². The molecule has 0 saturated carbocycles. The second-order valence-corrected chi connectivity index (χ2v) is 0. The van der Waals surface area contributed by atoms with Crippen molar-refractivity contribution in [2.45, 2.75) is 0 Å². The van der Waals surface area contributed by atoms with Gasteiger partial charge in [0.05, 0.1) is 0 Å². The fourth-order valence-electron chi connectivity index (χ4n) is 0. The van der Waals surface area contributed by atoms with E-state index < -0.39 is 0 Å². The summed E-state index contributed by atoms with van der Waals surface area (Å²) in [5.41, 5.74) is 0. The first-order valence-electron chi connectivity index (χ1n) is 0.289. The van der Waals surface area contributed by atoms with E-state index in [-0.39, 0.29) is 69.2 Å². The Kier molecular flexibility index (Phi) is 339. The van der Waals surface area contributed by atoms with Gasteiger partial charge in [0, 0.05) is 50.3 Å². The summed E-state index contributed by atoms with van der Waals surface area (Å²) in [4.78, 5) is 0. The van der Waals surface area contributed by atoms with Crippen molar-refractivity contribution >= 4 is 35.1 Å². The minimum atomic E-state index is 0. The molecule has 42 valence electrons. The SMILES string of the molecule is [Co].[Cu].[LiH].[Ni].[O]=[AlH]. The molecule has 0 aliphatic heterocycles. The van der Waals surface area contributed by atoms with Crippen molar-refractivity contribution in [3.63, 3.8) is 0 Å². The van der Waals surface area contributed by atoms with Crippen LogP contribution in [0.2, 0.25) is 0 Å². The average molecular weight is 233 g/mol. The van der Waals surface area contributed by atoms with Gasteiger partial charge >= 0.3 is 38.9 Å². The van der Waals surface area contributed by atoms with Crippen LogP contribution in [-0.4, -0.2) is 35.1 Å². The van der Waals surface area contributed by atoms with Crippen molar-refractivity contribution in [1.29, 1.82) is 0 Å². The van der Waals surface area contributed by atoms with Crippen LogP contribution in [0.5, 0.6) is 0 Å². The average Bonchev–Trinajstić information content (AvgIpc) is 1.00. The van der Waals surface area contributed by atoms with Gasteiger partial charge in [0.1, 0.15) is 0 Å². The summed E-state index contributed by atoms with van der Waals surface area (Å²) in [5.74, 6) is 0. The zero-order valence-electron chi connectivity index (χ0n) is 2.07. The zero-order valence-corrected chi connectivity index (χ0v) is 6.45. The van der Waals surface area contributed by atoms with E-state index in [0.29, 0.717) is 16.2 Å². The van der Waals surface area contributed by atoms with Gasteiger partial charge < -0.3 is 0 Å². The van der Waals surface area contributed by atoms with E-state index in [4.69, 9.17) is 3.80 Å². The molecule has 0 aromatic carbocycles. The van der Waals surface area contributed by atoms with Crippen LogP contribution in [0.3, 0.4) is 0 Å². The molecule has 0 unspecified atom stereocenters. The van der Waals surface area contributed by atoms with Gasteiger partial charge in [0.15, 0.2) is 0 Å². The Bertz CT molecular complexity index is 15.5. The van der Waals surface area contributed by atoms with Gasteiger partial charge in [-0.15, -0.1) is 0 Å². The van der Waals surface area contributed by atoms with Gasteiger partial charge in [-0.25, -0.2) is 0 Å². The van der Waals surface area contributed by atoms with Gasteiger partial charge in [-0.1, -0.05) is 0 Å². The summed E-state index contributed by atoms with van der Waals surface area (Å²) in [6.07, 6.45) is 0. The van der Waals surface area contributed by atoms with Crippen LogP contribution in [0, 0.1) is 0 Å². The van der Waals surface area contributed by atoms with Crippen LogP contribution in [0.1, 0.15) is 0 Å². The van der Waals surface area contributed by atoms with Gasteiger partial charge in [-0.05, 0) is 0 Å². The Balaban J connectivity index is -0.000000000833. The third-order valence-corrected chi connectivity index (χ3v) is 0. The first-order valence-corrected chi connectivity index (χ1v) is 0.866. The molecule has 0 aromatic heterocycles. The normalized spacial score (nSPS) is 0.500. The molecule has 0 fully saturated rings. The third kappa shape index (κ3) is 31.9. The number of hydrogen-bond acceptors (Lipinski definition) is 1. The Morgan fingerprint density at radius 2 is 1.17 bits per heavy atom. The van der Waals surface area contributed by atoms with Gasteiger partial charge in [0.25, 0.3) is 0 Å². The van der Waals surface area contributed by atoms with E-state index in [9.17, 15) is 0 Å². The van der Waals surface area contributed by atoms with Crippen molar-refractivity contribution in [3.05, 3.63) is 0 Å². The topological polar surface area (TPSA) is 17.1 Å². The van der Waals surface area contributed by atoms with E-state index in [0.717, 1.165) is 0 Å². The number of rotatable bonds is 0. The van der Waals surface area contributed by atoms with Crippen LogP contribution in [0.15, 0.2) is 0 Å². The first kappa shape index (κ1) is 39.4. The molecule has 1 nitrogen and oxygen atoms in total. The summed E-state index contributed by atoms with van der Waals surface area (Å²) in [6.45, 7) is 0. The standard InChI is InChI=1S/Al.Co.Cu.Li.Ni.O.2H. The third-order valence-electron chi connectivity index (χ3n) is 0. The van der Waals surface area contributed by atoms with Gasteiger partial charge in [-0.3, -0.25) is 0 Å². The number of hydrogen-bond donors (Lipinski definition) is 0. The molecule has 0 heterocycles. The first-order chi connectivity index (χ1) is 1.00. The van der Waals surface area contributed by atoms with E-state index in [2.05, 4.69) is 0 Å². The van der Waals surface area contributed by atoms with Crippen LogP contribution in [0.25, 0.3) is 0 Å². The Hall–Kier alpha value is 2.45. The van der Waals surface area contributed by atoms with E-state index >= 15 is 0 Å². The maximum absolute atomic E-state index is 8.28. The fourth-order valence-corrected chi connectivity index (χ4v) is 0. The molecule has 0 N–H and O–H groups in total. The summed E-state index contributed by atoms with van der Waals surface area (Å²) < 4.78 is 8.28. The van der Waals surface area contributed by atoms with Crippen molar-refractivity contribution < 1.29 is 54.1 Å². The van der Waals surface area contributed by atoms with E-state index in [1.807, 2.05) is 0 Å². The predicted octanol–water partition coefficient (Wildman–Crippen LogP) is -1.42. The monoisotopic (exact) mass is 232 g/mol. The summed E-state index contributed by atoms with van der Waals surface area (Å²) in [7, 11) is 0. The molecule has 0 saturated heterocycles. The van der Waals surface area contributed by atoms with Crippen LogP contribution in [0.4, 0.5) is 0 Å². The second kappa shape index (κ2) is 51.6. The zero-order chi connectivity index (χ0) is 2.00. The molecule has 0 rings (SSSR count). The Morgan fingerprint density at radius 3 is 1.17 bits per heavy atom. The van der Waals surface area contributed by atoms with Crippen molar-refractivity contribution in [2.75, 3.05) is 0 Å². The summed E-state index contributed by atoms with van der Waals surface area (Å²) >= 11 is 0.611. The van der Waals surface area contributed by atoms with Crippen molar-refractivity contribution in [1.82, 2.24) is 0 Å². The van der Waals surface area contributed by atoms with Crippen molar-refractivity contribution in [3.8, 4) is 0 Å². The van der Waals surface area contributed by atoms with Crippen LogP contribution >= 0.6 is 0 Å². The Labute approximate surface area is 88.2 Å². The fraction of sp³-hybridized carbons (Fsp3) is 0. The van der Waals surface area contributed by atoms with Gasteiger partial charge in [-0.2, -0.15) is 0 Å². The predicted molar refractivity (Wildman–Crippen MR) is 15.0 cm³/mol. The summed E-state index contributed by atoms with van der Waals surface area (Å²) in [6, 6.07) is 0. The molecule has 0 spiro atoms. The minimum absolute atomic E-state index is 0. The second-order valence-electron chi connectivity index (χ2n) is 0. The molecule has 6 heteroatoms. The quantitative estimate of drug-likeness (QED) is 0.469. The molecule has 0 amide bonds. The Morgan fingerprint density at radius 1 is 1.17 bits per heavy atom. The molecule has 0 aliphatic rings. The van der Waals surface area contributed by atoms with E-state index in [1.54, 1.807) is 0 Å². The molecule has 0 atom stereocenters. The molecular weight excluding hydrogens is 231 g/mol.